The van der Waals surface area contributed by atoms with Gasteiger partial charge in [-0.05, 0) is 60.9 Å². The number of carboxylic acids is 3. The van der Waals surface area contributed by atoms with Crippen LogP contribution in [0.2, 0.25) is 0 Å². The maximum absolute atomic E-state index is 14.3. The van der Waals surface area contributed by atoms with Crippen LogP contribution < -0.4 is 9.47 Å². The lowest BCUT2D eigenvalue weighted by Crippen LogP contribution is -2.45. The van der Waals surface area contributed by atoms with Crippen LogP contribution in [0.25, 0.3) is 10.8 Å². The third-order valence-electron chi connectivity index (χ3n) is 8.45. The van der Waals surface area contributed by atoms with Crippen LogP contribution in [0.15, 0.2) is 60.7 Å². The SMILES string of the molecule is CCOC(C[C@H](c1ccc2c(c1)OCO2)[C@@H](C)N(Cc1ccc2ccccc2c1)C(=O)CC(C(=O)O)C(CC(=O)O)C(=O)O)OCC. The largest absolute Gasteiger partial charge is 0.481 e. The second-order valence-corrected chi connectivity index (χ2v) is 11.4. The van der Waals surface area contributed by atoms with Crippen LogP contribution in [0.4, 0.5) is 0 Å². The third kappa shape index (κ3) is 8.99. The van der Waals surface area contributed by atoms with Crippen molar-refractivity contribution in [1.82, 2.24) is 4.90 Å². The standard InChI is InChI=1S/C35H41NO11/c1-4-44-33(45-5-2)18-26(25-12-13-29-30(15-25)47-20-46-29)21(3)36(19-22-10-11-23-8-6-7-9-24(23)14-22)31(37)16-27(34(40)41)28(35(42)43)17-32(38)39/h6-15,21,26-28,33H,4-5,16-20H2,1-3H3,(H,38,39)(H,40,41)(H,42,43)/t21-,26+,27?,28?/m1/s1. The number of ether oxygens (including phenoxy) is 4. The number of fused-ring (bicyclic) bond motifs is 2. The fourth-order valence-corrected chi connectivity index (χ4v) is 6.03. The molecule has 12 heteroatoms. The molecule has 3 N–H and O–H groups in total. The number of nitrogens with zero attached hydrogens (tertiary/aromatic N) is 1. The molecule has 1 aliphatic heterocycles. The Bertz CT molecular complexity index is 1570. The van der Waals surface area contributed by atoms with Crippen molar-refractivity contribution in [2.75, 3.05) is 20.0 Å². The summed E-state index contributed by atoms with van der Waals surface area (Å²) >= 11 is 0. The number of aliphatic carboxylic acids is 3. The van der Waals surface area contributed by atoms with Gasteiger partial charge in [0.2, 0.25) is 12.7 Å². The van der Waals surface area contributed by atoms with E-state index in [1.54, 1.807) is 6.07 Å². The van der Waals surface area contributed by atoms with Gasteiger partial charge >= 0.3 is 17.9 Å². The molecule has 1 aliphatic rings. The highest BCUT2D eigenvalue weighted by Gasteiger charge is 2.40. The lowest BCUT2D eigenvalue weighted by molar-refractivity contribution is -0.159. The molecular weight excluding hydrogens is 610 g/mol. The molecule has 3 aromatic carbocycles. The molecule has 1 amide bonds. The zero-order valence-corrected chi connectivity index (χ0v) is 26.7. The van der Waals surface area contributed by atoms with Crippen LogP contribution in [-0.2, 0) is 35.2 Å². The van der Waals surface area contributed by atoms with Gasteiger partial charge in [0.05, 0.1) is 18.3 Å². The molecule has 47 heavy (non-hydrogen) atoms. The fourth-order valence-electron chi connectivity index (χ4n) is 6.03. The Hall–Kier alpha value is -4.68. The van der Waals surface area contributed by atoms with Gasteiger partial charge in [-0.3, -0.25) is 19.2 Å². The van der Waals surface area contributed by atoms with Crippen LogP contribution in [0.3, 0.4) is 0 Å². The Labute approximate surface area is 272 Å². The van der Waals surface area contributed by atoms with E-state index in [0.29, 0.717) is 31.1 Å². The van der Waals surface area contributed by atoms with Crippen molar-refractivity contribution in [3.05, 3.63) is 71.8 Å². The number of hydrogen-bond acceptors (Lipinski definition) is 8. The molecule has 2 unspecified atom stereocenters. The second-order valence-electron chi connectivity index (χ2n) is 11.4. The van der Waals surface area contributed by atoms with Gasteiger partial charge in [-0.2, -0.15) is 0 Å². The summed E-state index contributed by atoms with van der Waals surface area (Å²) in [6, 6.07) is 18.4. The first-order chi connectivity index (χ1) is 22.5. The Balaban J connectivity index is 1.77. The quantitative estimate of drug-likeness (QED) is 0.156. The van der Waals surface area contributed by atoms with E-state index in [-0.39, 0.29) is 13.3 Å². The highest BCUT2D eigenvalue weighted by molar-refractivity contribution is 5.88. The van der Waals surface area contributed by atoms with Crippen LogP contribution in [0.1, 0.15) is 57.1 Å². The lowest BCUT2D eigenvalue weighted by Gasteiger charge is -2.37. The second kappa shape index (κ2) is 16.2. The molecule has 12 nitrogen and oxygen atoms in total. The molecule has 0 saturated heterocycles. The Morgan fingerprint density at radius 1 is 0.809 bits per heavy atom. The molecule has 0 saturated carbocycles. The molecule has 0 aromatic heterocycles. The summed E-state index contributed by atoms with van der Waals surface area (Å²) in [6.45, 7) is 6.45. The molecule has 0 spiro atoms. The van der Waals surface area contributed by atoms with Crippen LogP contribution in [0, 0.1) is 11.8 Å². The minimum atomic E-state index is -1.81. The highest BCUT2D eigenvalue weighted by atomic mass is 16.7. The smallest absolute Gasteiger partial charge is 0.307 e. The molecule has 3 aromatic rings. The van der Waals surface area contributed by atoms with Gasteiger partial charge in [0.25, 0.3) is 0 Å². The van der Waals surface area contributed by atoms with E-state index >= 15 is 0 Å². The summed E-state index contributed by atoms with van der Waals surface area (Å²) in [5.74, 6) is -8.15. The molecule has 252 valence electrons. The zero-order valence-electron chi connectivity index (χ0n) is 26.7. The monoisotopic (exact) mass is 651 g/mol. The normalized spacial score (nSPS) is 14.8. The summed E-state index contributed by atoms with van der Waals surface area (Å²) in [5, 5.41) is 31.0. The zero-order chi connectivity index (χ0) is 34.1. The van der Waals surface area contributed by atoms with E-state index in [1.807, 2.05) is 75.4 Å². The minimum Gasteiger partial charge on any atom is -0.481 e. The number of carbonyl (C=O) groups excluding carboxylic acids is 1. The van der Waals surface area contributed by atoms with Crippen molar-refractivity contribution in [3.8, 4) is 11.5 Å². The molecule has 0 bridgehead atoms. The van der Waals surface area contributed by atoms with E-state index in [9.17, 15) is 34.5 Å². The average Bonchev–Trinajstić information content (AvgIpc) is 3.51. The van der Waals surface area contributed by atoms with Crippen molar-refractivity contribution in [3.63, 3.8) is 0 Å². The van der Waals surface area contributed by atoms with Crippen molar-refractivity contribution in [2.24, 2.45) is 11.8 Å². The van der Waals surface area contributed by atoms with Gasteiger partial charge in [0, 0.05) is 44.6 Å². The van der Waals surface area contributed by atoms with Crippen LogP contribution >= 0.6 is 0 Å². The summed E-state index contributed by atoms with van der Waals surface area (Å²) in [7, 11) is 0. The first-order valence-corrected chi connectivity index (χ1v) is 15.6. The maximum atomic E-state index is 14.3. The average molecular weight is 652 g/mol. The molecular formula is C35H41NO11. The molecule has 0 radical (unpaired) electrons. The number of hydrogen-bond donors (Lipinski definition) is 3. The first-order valence-electron chi connectivity index (χ1n) is 15.6. The number of rotatable bonds is 18. The number of amides is 1. The molecule has 0 aliphatic carbocycles. The van der Waals surface area contributed by atoms with Crippen molar-refractivity contribution < 1.29 is 53.4 Å². The van der Waals surface area contributed by atoms with E-state index in [4.69, 9.17) is 18.9 Å². The Morgan fingerprint density at radius 3 is 2.09 bits per heavy atom. The summed E-state index contributed by atoms with van der Waals surface area (Å²) in [5.41, 5.74) is 1.57. The Morgan fingerprint density at radius 2 is 1.45 bits per heavy atom. The highest BCUT2D eigenvalue weighted by Crippen LogP contribution is 2.39. The van der Waals surface area contributed by atoms with E-state index in [1.165, 1.54) is 4.90 Å². The topological polar surface area (TPSA) is 169 Å². The predicted octanol–water partition coefficient (Wildman–Crippen LogP) is 5.13. The van der Waals surface area contributed by atoms with Gasteiger partial charge < -0.3 is 39.2 Å². The lowest BCUT2D eigenvalue weighted by atomic mass is 9.84. The maximum Gasteiger partial charge on any atom is 0.307 e. The van der Waals surface area contributed by atoms with Crippen molar-refractivity contribution in [2.45, 2.75) is 64.8 Å². The van der Waals surface area contributed by atoms with Gasteiger partial charge in [0.1, 0.15) is 0 Å². The number of benzene rings is 3. The predicted molar refractivity (Wildman–Crippen MR) is 170 cm³/mol. The van der Waals surface area contributed by atoms with Gasteiger partial charge in [-0.25, -0.2) is 0 Å². The molecule has 4 rings (SSSR count). The first kappa shape index (κ1) is 35.2. The summed E-state index contributed by atoms with van der Waals surface area (Å²) in [6.07, 6.45) is -1.96. The minimum absolute atomic E-state index is 0.0723. The van der Waals surface area contributed by atoms with Gasteiger partial charge in [-0.1, -0.05) is 42.5 Å². The molecule has 1 heterocycles. The van der Waals surface area contributed by atoms with E-state index < -0.39 is 66.7 Å². The molecule has 0 fully saturated rings. The molecule has 4 atom stereocenters. The van der Waals surface area contributed by atoms with Crippen molar-refractivity contribution in [1.29, 1.82) is 0 Å². The number of carbonyl (C=O) groups is 4. The van der Waals surface area contributed by atoms with Crippen molar-refractivity contribution >= 4 is 34.6 Å². The summed E-state index contributed by atoms with van der Waals surface area (Å²) < 4.78 is 22.9. The fraction of sp³-hybridized carbons (Fsp3) is 0.429. The third-order valence-corrected chi connectivity index (χ3v) is 8.45. The number of carboxylic acid groups (broad SMARTS) is 3. The van der Waals surface area contributed by atoms with Gasteiger partial charge in [0.15, 0.2) is 17.8 Å². The Kier molecular flexibility index (Phi) is 12.2. The van der Waals surface area contributed by atoms with E-state index in [2.05, 4.69) is 0 Å². The van der Waals surface area contributed by atoms with Crippen LogP contribution in [0.5, 0.6) is 11.5 Å². The van der Waals surface area contributed by atoms with Gasteiger partial charge in [-0.15, -0.1) is 0 Å². The van der Waals surface area contributed by atoms with Crippen LogP contribution in [-0.4, -0.2) is 76.4 Å². The van der Waals surface area contributed by atoms with E-state index in [0.717, 1.165) is 21.9 Å². The summed E-state index contributed by atoms with van der Waals surface area (Å²) in [4.78, 5) is 51.6.